The van der Waals surface area contributed by atoms with Crippen molar-refractivity contribution in [1.82, 2.24) is 0 Å². The summed E-state index contributed by atoms with van der Waals surface area (Å²) in [7, 11) is 0. The highest BCUT2D eigenvalue weighted by atomic mass is 127. The van der Waals surface area contributed by atoms with Gasteiger partial charge in [-0.3, -0.25) is 4.79 Å². The molecule has 3 rings (SSSR count). The first-order valence-electron chi connectivity index (χ1n) is 5.48. The number of benzene rings is 1. The third-order valence-electron chi connectivity index (χ3n) is 2.97. The molecule has 0 saturated heterocycles. The summed E-state index contributed by atoms with van der Waals surface area (Å²) in [5.41, 5.74) is 3.55. The Balaban J connectivity index is 1.94. The van der Waals surface area contributed by atoms with Gasteiger partial charge in [-0.25, -0.2) is 0 Å². The normalized spacial score (nSPS) is 15.3. The fourth-order valence-corrected chi connectivity index (χ4v) is 3.47. The Labute approximate surface area is 122 Å². The number of carbonyl (C=O) groups excluding carboxylic acids is 1. The van der Waals surface area contributed by atoms with E-state index in [9.17, 15) is 9.90 Å². The number of hydrogen-bond donors (Lipinski definition) is 2. The van der Waals surface area contributed by atoms with Crippen LogP contribution >= 0.6 is 33.9 Å². The van der Waals surface area contributed by atoms with Crippen LogP contribution in [0.2, 0.25) is 0 Å². The number of hydrogen-bond acceptors (Lipinski definition) is 3. The zero-order chi connectivity index (χ0) is 12.7. The summed E-state index contributed by atoms with van der Waals surface area (Å²) >= 11 is 3.85. The molecule has 1 unspecified atom stereocenters. The lowest BCUT2D eigenvalue weighted by Crippen LogP contribution is -2.03. The Morgan fingerprint density at radius 1 is 1.33 bits per heavy atom. The van der Waals surface area contributed by atoms with E-state index in [1.165, 1.54) is 0 Å². The topological polar surface area (TPSA) is 49.3 Å². The summed E-state index contributed by atoms with van der Waals surface area (Å²) in [6, 6.07) is 7.60. The van der Waals surface area contributed by atoms with Crippen molar-refractivity contribution in [3.63, 3.8) is 0 Å². The molecule has 5 heteroatoms. The fraction of sp³-hybridized carbons (Fsp3) is 0.154. The summed E-state index contributed by atoms with van der Waals surface area (Å²) in [6.07, 6.45) is -0.220. The zero-order valence-corrected chi connectivity index (χ0v) is 12.3. The Hall–Kier alpha value is -0.920. The van der Waals surface area contributed by atoms with Gasteiger partial charge in [0.05, 0.1) is 9.30 Å². The van der Waals surface area contributed by atoms with Crippen LogP contribution in [0.15, 0.2) is 29.6 Å². The number of rotatable bonds is 2. The average molecular weight is 371 g/mol. The third-order valence-corrected chi connectivity index (χ3v) is 4.78. The van der Waals surface area contributed by atoms with Crippen LogP contribution in [0, 0.1) is 2.88 Å². The first kappa shape index (κ1) is 12.1. The highest BCUT2D eigenvalue weighted by Gasteiger charge is 2.20. The van der Waals surface area contributed by atoms with Gasteiger partial charge in [-0.05, 0) is 56.8 Å². The Bertz CT molecular complexity index is 623. The minimum atomic E-state index is -0.620. The number of thiophene rings is 1. The quantitative estimate of drug-likeness (QED) is 0.798. The van der Waals surface area contributed by atoms with E-state index >= 15 is 0 Å². The molecule has 2 N–H and O–H groups in total. The van der Waals surface area contributed by atoms with Gasteiger partial charge in [0.2, 0.25) is 5.91 Å². The number of nitrogens with one attached hydrogen (secondary N) is 1. The van der Waals surface area contributed by atoms with Crippen LogP contribution in [-0.2, 0) is 11.2 Å². The van der Waals surface area contributed by atoms with Gasteiger partial charge in [0.15, 0.2) is 0 Å². The second kappa shape index (κ2) is 4.64. The molecule has 1 amide bonds. The van der Waals surface area contributed by atoms with E-state index in [4.69, 9.17) is 0 Å². The van der Waals surface area contributed by atoms with Crippen molar-refractivity contribution in [2.75, 3.05) is 5.32 Å². The average Bonchev–Trinajstić information content (AvgIpc) is 2.92. The summed E-state index contributed by atoms with van der Waals surface area (Å²) in [5.74, 6) is 0.0155. The van der Waals surface area contributed by atoms with Gasteiger partial charge in [-0.15, -0.1) is 11.3 Å². The second-order valence-corrected chi connectivity index (χ2v) is 7.03. The molecule has 1 aromatic carbocycles. The fourth-order valence-electron chi connectivity index (χ4n) is 2.08. The number of aliphatic hydroxyl groups excluding tert-OH is 1. The van der Waals surface area contributed by atoms with Crippen LogP contribution in [-0.4, -0.2) is 11.0 Å². The highest BCUT2D eigenvalue weighted by Crippen LogP contribution is 2.31. The van der Waals surface area contributed by atoms with E-state index in [0.29, 0.717) is 6.42 Å². The monoisotopic (exact) mass is 371 g/mol. The van der Waals surface area contributed by atoms with Crippen LogP contribution in [0.1, 0.15) is 22.8 Å². The van der Waals surface area contributed by atoms with E-state index in [0.717, 1.165) is 25.3 Å². The molecule has 0 aliphatic carbocycles. The van der Waals surface area contributed by atoms with Gasteiger partial charge in [-0.1, -0.05) is 12.1 Å². The van der Waals surface area contributed by atoms with Gasteiger partial charge >= 0.3 is 0 Å². The Kier molecular flexibility index (Phi) is 3.13. The van der Waals surface area contributed by atoms with Crippen molar-refractivity contribution < 1.29 is 9.90 Å². The van der Waals surface area contributed by atoms with Gasteiger partial charge in [0.1, 0.15) is 6.10 Å². The standard InChI is InChI=1S/C13H10INO2S/c14-11-4-9(6-18-11)13(17)7-1-2-10-8(3-7)5-12(16)15-10/h1-4,6,13,17H,5H2,(H,15,16). The summed E-state index contributed by atoms with van der Waals surface area (Å²) < 4.78 is 1.15. The van der Waals surface area contributed by atoms with E-state index in [1.807, 2.05) is 29.6 Å². The van der Waals surface area contributed by atoms with Crippen molar-refractivity contribution >= 4 is 45.5 Å². The van der Waals surface area contributed by atoms with Crippen LogP contribution in [0.25, 0.3) is 0 Å². The number of fused-ring (bicyclic) bond motifs is 1. The van der Waals surface area contributed by atoms with Crippen LogP contribution in [0.5, 0.6) is 0 Å². The smallest absolute Gasteiger partial charge is 0.228 e. The van der Waals surface area contributed by atoms with E-state index in [2.05, 4.69) is 27.9 Å². The SMILES string of the molecule is O=C1Cc2cc(C(O)c3csc(I)c3)ccc2N1. The number of anilines is 1. The maximum absolute atomic E-state index is 11.3. The van der Waals surface area contributed by atoms with Crippen LogP contribution < -0.4 is 5.32 Å². The maximum atomic E-state index is 11.3. The number of amides is 1. The Morgan fingerprint density at radius 3 is 2.89 bits per heavy atom. The van der Waals surface area contributed by atoms with Crippen molar-refractivity contribution in [2.24, 2.45) is 0 Å². The summed E-state index contributed by atoms with van der Waals surface area (Å²) in [4.78, 5) is 11.3. The molecular formula is C13H10INO2S. The molecule has 2 heterocycles. The minimum absolute atomic E-state index is 0.0155. The molecule has 0 radical (unpaired) electrons. The van der Waals surface area contributed by atoms with E-state index < -0.39 is 6.10 Å². The second-order valence-electron chi connectivity index (χ2n) is 4.23. The van der Waals surface area contributed by atoms with E-state index in [1.54, 1.807) is 11.3 Å². The molecule has 1 aliphatic heterocycles. The zero-order valence-electron chi connectivity index (χ0n) is 9.31. The molecular weight excluding hydrogens is 361 g/mol. The van der Waals surface area contributed by atoms with Crippen molar-refractivity contribution in [3.05, 3.63) is 49.2 Å². The number of aliphatic hydroxyl groups is 1. The van der Waals surface area contributed by atoms with Gasteiger partial charge in [0.25, 0.3) is 0 Å². The lowest BCUT2D eigenvalue weighted by Gasteiger charge is -2.10. The summed E-state index contributed by atoms with van der Waals surface area (Å²) in [5, 5.41) is 15.0. The summed E-state index contributed by atoms with van der Waals surface area (Å²) in [6.45, 7) is 0. The van der Waals surface area contributed by atoms with Crippen molar-refractivity contribution in [3.8, 4) is 0 Å². The molecule has 1 aromatic heterocycles. The molecule has 1 aliphatic rings. The largest absolute Gasteiger partial charge is 0.384 e. The number of halogens is 1. The first-order valence-corrected chi connectivity index (χ1v) is 7.44. The third kappa shape index (κ3) is 2.17. The molecule has 92 valence electrons. The molecule has 2 aromatic rings. The maximum Gasteiger partial charge on any atom is 0.228 e. The molecule has 0 spiro atoms. The number of carbonyl (C=O) groups is 1. The lowest BCUT2D eigenvalue weighted by molar-refractivity contribution is -0.115. The molecule has 0 bridgehead atoms. The molecule has 18 heavy (non-hydrogen) atoms. The van der Waals surface area contributed by atoms with E-state index in [-0.39, 0.29) is 5.91 Å². The van der Waals surface area contributed by atoms with Gasteiger partial charge in [-0.2, -0.15) is 0 Å². The van der Waals surface area contributed by atoms with Crippen LogP contribution in [0.3, 0.4) is 0 Å². The lowest BCUT2D eigenvalue weighted by atomic mass is 10.0. The Morgan fingerprint density at radius 2 is 2.17 bits per heavy atom. The predicted octanol–water partition coefficient (Wildman–Crippen LogP) is 2.93. The minimum Gasteiger partial charge on any atom is -0.384 e. The molecule has 0 fully saturated rings. The van der Waals surface area contributed by atoms with Crippen molar-refractivity contribution in [2.45, 2.75) is 12.5 Å². The van der Waals surface area contributed by atoms with Gasteiger partial charge in [0, 0.05) is 5.69 Å². The molecule has 1 atom stereocenters. The van der Waals surface area contributed by atoms with Gasteiger partial charge < -0.3 is 10.4 Å². The van der Waals surface area contributed by atoms with Crippen molar-refractivity contribution in [1.29, 1.82) is 0 Å². The highest BCUT2D eigenvalue weighted by molar-refractivity contribution is 14.1. The molecule has 0 saturated carbocycles. The predicted molar refractivity (Wildman–Crippen MR) is 79.9 cm³/mol. The first-order chi connectivity index (χ1) is 8.63. The molecule has 3 nitrogen and oxygen atoms in total. The van der Waals surface area contributed by atoms with Crippen LogP contribution in [0.4, 0.5) is 5.69 Å².